The largest absolute Gasteiger partial charge is 0.508 e. The van der Waals surface area contributed by atoms with Crippen molar-refractivity contribution in [3.05, 3.63) is 53.1 Å². The summed E-state index contributed by atoms with van der Waals surface area (Å²) in [6.07, 6.45) is -2.41. The molecule has 11 nitrogen and oxygen atoms in total. The minimum Gasteiger partial charge on any atom is -0.508 e. The van der Waals surface area contributed by atoms with Crippen LogP contribution in [0.1, 0.15) is 27.6 Å². The Morgan fingerprint density at radius 3 is 2.12 bits per heavy atom. The van der Waals surface area contributed by atoms with Crippen molar-refractivity contribution in [2.45, 2.75) is 18.6 Å². The third-order valence-electron chi connectivity index (χ3n) is 5.10. The topological polar surface area (TPSA) is 197 Å². The molecule has 3 aromatic rings. The van der Waals surface area contributed by atoms with Crippen LogP contribution in [0, 0.1) is 0 Å². The number of fused-ring (bicyclic) bond motifs is 1. The van der Waals surface area contributed by atoms with Crippen molar-refractivity contribution in [2.75, 3.05) is 0 Å². The second-order valence-corrected chi connectivity index (χ2v) is 7.39. The van der Waals surface area contributed by atoms with Crippen molar-refractivity contribution >= 4 is 5.97 Å². The smallest absolute Gasteiger partial charge is 0.343 e. The Kier molecular flexibility index (Phi) is 5.18. The van der Waals surface area contributed by atoms with Crippen LogP contribution in [-0.2, 0) is 6.42 Å². The van der Waals surface area contributed by atoms with E-state index in [1.54, 1.807) is 0 Å². The molecule has 8 N–H and O–H groups in total. The molecule has 2 atom stereocenters. The lowest BCUT2D eigenvalue weighted by Crippen LogP contribution is -2.30. The predicted octanol–water partition coefficient (Wildman–Crippen LogP) is 1.88. The lowest BCUT2D eigenvalue weighted by atomic mass is 9.93. The van der Waals surface area contributed by atoms with Crippen molar-refractivity contribution in [3.8, 4) is 51.7 Å². The van der Waals surface area contributed by atoms with Gasteiger partial charge in [0.05, 0.1) is 11.7 Å². The average molecular weight is 458 g/mol. The van der Waals surface area contributed by atoms with Gasteiger partial charge in [0, 0.05) is 29.7 Å². The number of ether oxygens (including phenoxy) is 2. The highest BCUT2D eigenvalue weighted by atomic mass is 16.5. The van der Waals surface area contributed by atoms with Gasteiger partial charge in [0.25, 0.3) is 0 Å². The molecule has 0 saturated carbocycles. The summed E-state index contributed by atoms with van der Waals surface area (Å²) in [6, 6.07) is 6.17. The quantitative estimate of drug-likeness (QED) is 0.162. The molecule has 172 valence electrons. The van der Waals surface area contributed by atoms with E-state index in [1.165, 1.54) is 6.07 Å². The van der Waals surface area contributed by atoms with Crippen LogP contribution in [0.3, 0.4) is 0 Å². The molecule has 1 heterocycles. The highest BCUT2D eigenvalue weighted by Gasteiger charge is 2.33. The van der Waals surface area contributed by atoms with E-state index in [0.29, 0.717) is 0 Å². The molecule has 1 aliphatic heterocycles. The highest BCUT2D eigenvalue weighted by molar-refractivity contribution is 5.93. The monoisotopic (exact) mass is 458 g/mol. The van der Waals surface area contributed by atoms with Crippen molar-refractivity contribution in [1.29, 1.82) is 0 Å². The molecule has 4 rings (SSSR count). The van der Waals surface area contributed by atoms with Crippen molar-refractivity contribution in [3.63, 3.8) is 0 Å². The summed E-state index contributed by atoms with van der Waals surface area (Å²) in [6.45, 7) is 0. The average Bonchev–Trinajstić information content (AvgIpc) is 2.74. The molecule has 0 aliphatic carbocycles. The Morgan fingerprint density at radius 1 is 0.818 bits per heavy atom. The number of phenols is 7. The molecule has 0 fully saturated rings. The first kappa shape index (κ1) is 21.7. The molecule has 0 radical (unpaired) electrons. The summed E-state index contributed by atoms with van der Waals surface area (Å²) in [5.74, 6) is -6.05. The van der Waals surface area contributed by atoms with E-state index < -0.39 is 52.7 Å². The molecule has 11 heteroatoms. The number of benzene rings is 3. The summed E-state index contributed by atoms with van der Waals surface area (Å²) in [5, 5.41) is 79.0. The van der Waals surface area contributed by atoms with Crippen molar-refractivity contribution in [1.82, 2.24) is 0 Å². The maximum atomic E-state index is 12.4. The zero-order chi connectivity index (χ0) is 24.0. The predicted molar refractivity (Wildman–Crippen MR) is 109 cm³/mol. The first-order valence-electron chi connectivity index (χ1n) is 9.47. The van der Waals surface area contributed by atoms with Gasteiger partial charge < -0.3 is 50.3 Å². The molecule has 1 aliphatic rings. The Labute approximate surface area is 185 Å². The Bertz CT molecular complexity index is 1240. The summed E-state index contributed by atoms with van der Waals surface area (Å²) in [7, 11) is 0. The first-order valence-corrected chi connectivity index (χ1v) is 9.47. The van der Waals surface area contributed by atoms with E-state index in [2.05, 4.69) is 0 Å². The van der Waals surface area contributed by atoms with E-state index in [9.17, 15) is 45.6 Å². The van der Waals surface area contributed by atoms with Gasteiger partial charge >= 0.3 is 5.97 Å². The molecular weight excluding hydrogens is 440 g/mol. The third kappa shape index (κ3) is 3.92. The van der Waals surface area contributed by atoms with E-state index in [-0.39, 0.29) is 40.4 Å². The minimum atomic E-state index is -1.22. The van der Waals surface area contributed by atoms with Crippen LogP contribution in [0.25, 0.3) is 0 Å². The zero-order valence-electron chi connectivity index (χ0n) is 16.6. The number of carbonyl (C=O) groups is 1. The lowest BCUT2D eigenvalue weighted by molar-refractivity contribution is 0.0195. The van der Waals surface area contributed by atoms with Crippen LogP contribution >= 0.6 is 0 Å². The number of carbonyl (C=O) groups excluding carboxylic acids is 1. The number of aliphatic hydroxyl groups excluding tert-OH is 1. The standard InChI is InChI=1S/C22H18O11/c23-10-5-12(24)11-7-16(28)21(32-17(11)6-10)8-1-15(27)20(30)18(4-8)33-22(31)9-2-13(25)19(29)14(26)3-9/h1-6,16,21,23-30H,7H2. The van der Waals surface area contributed by atoms with E-state index in [0.717, 1.165) is 30.3 Å². The van der Waals surface area contributed by atoms with Crippen molar-refractivity contribution < 1.29 is 55.1 Å². The summed E-state index contributed by atoms with van der Waals surface area (Å²) in [4.78, 5) is 12.4. The fraction of sp³-hybridized carbons (Fsp3) is 0.136. The Hall–Kier alpha value is -4.51. The van der Waals surface area contributed by atoms with Gasteiger partial charge in [-0.2, -0.15) is 0 Å². The van der Waals surface area contributed by atoms with Crippen LogP contribution in [0.4, 0.5) is 0 Å². The molecular formula is C22H18O11. The van der Waals surface area contributed by atoms with Gasteiger partial charge in [-0.3, -0.25) is 0 Å². The number of esters is 1. The van der Waals surface area contributed by atoms with Gasteiger partial charge in [0.15, 0.2) is 34.9 Å². The fourth-order valence-corrected chi connectivity index (χ4v) is 3.49. The highest BCUT2D eigenvalue weighted by Crippen LogP contribution is 2.45. The third-order valence-corrected chi connectivity index (χ3v) is 5.10. The SMILES string of the molecule is O=C(Oc1cc(C2Oc3cc(O)cc(O)c3CC2O)cc(O)c1O)c1cc(O)c(O)c(O)c1. The second-order valence-electron chi connectivity index (χ2n) is 7.39. The number of hydrogen-bond acceptors (Lipinski definition) is 11. The first-order chi connectivity index (χ1) is 15.5. The Morgan fingerprint density at radius 2 is 1.45 bits per heavy atom. The number of aromatic hydroxyl groups is 7. The summed E-state index contributed by atoms with van der Waals surface area (Å²) >= 11 is 0. The van der Waals surface area contributed by atoms with Crippen LogP contribution < -0.4 is 9.47 Å². The second kappa shape index (κ2) is 7.88. The molecule has 0 aromatic heterocycles. The summed E-state index contributed by atoms with van der Waals surface area (Å²) < 4.78 is 10.7. The Balaban J connectivity index is 1.67. The molecule has 33 heavy (non-hydrogen) atoms. The van der Waals surface area contributed by atoms with Crippen LogP contribution in [0.15, 0.2) is 36.4 Å². The number of aliphatic hydroxyl groups is 1. The summed E-state index contributed by atoms with van der Waals surface area (Å²) in [5.41, 5.74) is -0.0236. The molecule has 0 amide bonds. The van der Waals surface area contributed by atoms with Gasteiger partial charge in [-0.15, -0.1) is 0 Å². The maximum absolute atomic E-state index is 12.4. The number of rotatable bonds is 3. The molecule has 0 bridgehead atoms. The fourth-order valence-electron chi connectivity index (χ4n) is 3.49. The molecule has 0 spiro atoms. The minimum absolute atomic E-state index is 0.0606. The zero-order valence-corrected chi connectivity index (χ0v) is 16.6. The molecule has 3 aromatic carbocycles. The molecule has 2 unspecified atom stereocenters. The molecule has 0 saturated heterocycles. The van der Waals surface area contributed by atoms with E-state index >= 15 is 0 Å². The normalized spacial score (nSPS) is 17.1. The van der Waals surface area contributed by atoms with Gasteiger partial charge in [-0.25, -0.2) is 4.79 Å². The number of hydrogen-bond donors (Lipinski definition) is 8. The van der Waals surface area contributed by atoms with Gasteiger partial charge in [0.1, 0.15) is 17.2 Å². The van der Waals surface area contributed by atoms with Gasteiger partial charge in [-0.1, -0.05) is 0 Å². The maximum Gasteiger partial charge on any atom is 0.343 e. The van der Waals surface area contributed by atoms with E-state index in [4.69, 9.17) is 9.47 Å². The van der Waals surface area contributed by atoms with Crippen LogP contribution in [0.5, 0.6) is 51.7 Å². The van der Waals surface area contributed by atoms with E-state index in [1.807, 2.05) is 0 Å². The van der Waals surface area contributed by atoms with Crippen LogP contribution in [0.2, 0.25) is 0 Å². The number of phenolic OH excluding ortho intramolecular Hbond substituents is 7. The van der Waals surface area contributed by atoms with Gasteiger partial charge in [-0.05, 0) is 24.3 Å². The van der Waals surface area contributed by atoms with Gasteiger partial charge in [0.2, 0.25) is 5.75 Å². The van der Waals surface area contributed by atoms with Crippen LogP contribution in [-0.4, -0.2) is 52.9 Å². The van der Waals surface area contributed by atoms with Crippen molar-refractivity contribution in [2.24, 2.45) is 0 Å². The lowest BCUT2D eigenvalue weighted by Gasteiger charge is -2.31.